The van der Waals surface area contributed by atoms with Crippen LogP contribution in [0.5, 0.6) is 0 Å². The zero-order valence-electron chi connectivity index (χ0n) is 11.7. The van der Waals surface area contributed by atoms with E-state index >= 15 is 0 Å². The van der Waals surface area contributed by atoms with Crippen LogP contribution in [0.3, 0.4) is 0 Å². The molecule has 2 atom stereocenters. The number of aryl methyl sites for hydroxylation is 3. The molecule has 0 aliphatic heterocycles. The third-order valence-electron chi connectivity index (χ3n) is 4.53. The van der Waals surface area contributed by atoms with Crippen LogP contribution in [0.15, 0.2) is 42.5 Å². The van der Waals surface area contributed by atoms with Gasteiger partial charge in [-0.25, -0.2) is 0 Å². The standard InChI is InChI=1S/C18H21N/c1-12-7-8-15(11-13(12)2)18(19)17-10-9-14-5-3-4-6-16(14)17/h3-8,11,17-18H,9-10,19H2,1-2H3. The lowest BCUT2D eigenvalue weighted by Gasteiger charge is -2.21. The number of hydrogen-bond acceptors (Lipinski definition) is 1. The Morgan fingerprint density at radius 2 is 1.84 bits per heavy atom. The minimum atomic E-state index is 0.114. The monoisotopic (exact) mass is 251 g/mol. The number of fused-ring (bicyclic) bond motifs is 1. The van der Waals surface area contributed by atoms with Crippen LogP contribution in [-0.2, 0) is 6.42 Å². The van der Waals surface area contributed by atoms with Crippen molar-refractivity contribution in [1.82, 2.24) is 0 Å². The molecule has 1 nitrogen and oxygen atoms in total. The molecule has 0 amide bonds. The zero-order chi connectivity index (χ0) is 13.4. The molecule has 0 fully saturated rings. The van der Waals surface area contributed by atoms with Crippen LogP contribution in [0.1, 0.15) is 46.2 Å². The van der Waals surface area contributed by atoms with Gasteiger partial charge in [-0.05, 0) is 54.5 Å². The van der Waals surface area contributed by atoms with Gasteiger partial charge in [-0.2, -0.15) is 0 Å². The molecular weight excluding hydrogens is 230 g/mol. The highest BCUT2D eigenvalue weighted by Crippen LogP contribution is 2.40. The molecule has 1 heteroatoms. The van der Waals surface area contributed by atoms with Crippen molar-refractivity contribution in [3.8, 4) is 0 Å². The van der Waals surface area contributed by atoms with Crippen LogP contribution in [0.25, 0.3) is 0 Å². The first kappa shape index (κ1) is 12.4. The molecule has 19 heavy (non-hydrogen) atoms. The minimum absolute atomic E-state index is 0.114. The van der Waals surface area contributed by atoms with Crippen LogP contribution in [0, 0.1) is 13.8 Å². The van der Waals surface area contributed by atoms with Gasteiger partial charge in [-0.15, -0.1) is 0 Å². The fraction of sp³-hybridized carbons (Fsp3) is 0.333. The van der Waals surface area contributed by atoms with E-state index in [4.69, 9.17) is 5.73 Å². The molecule has 0 spiro atoms. The molecule has 0 radical (unpaired) electrons. The lowest BCUT2D eigenvalue weighted by atomic mass is 9.88. The number of benzene rings is 2. The smallest absolute Gasteiger partial charge is 0.0364 e. The van der Waals surface area contributed by atoms with Crippen molar-refractivity contribution in [1.29, 1.82) is 0 Å². The topological polar surface area (TPSA) is 26.0 Å². The lowest BCUT2D eigenvalue weighted by Crippen LogP contribution is -2.18. The van der Waals surface area contributed by atoms with Crippen molar-refractivity contribution in [2.75, 3.05) is 0 Å². The van der Waals surface area contributed by atoms with E-state index in [1.807, 2.05) is 0 Å². The van der Waals surface area contributed by atoms with Gasteiger partial charge in [0.05, 0.1) is 0 Å². The average Bonchev–Trinajstić information content (AvgIpc) is 2.85. The van der Waals surface area contributed by atoms with Crippen LogP contribution < -0.4 is 5.73 Å². The first-order chi connectivity index (χ1) is 9.16. The van der Waals surface area contributed by atoms with E-state index in [2.05, 4.69) is 56.3 Å². The highest BCUT2D eigenvalue weighted by atomic mass is 14.7. The van der Waals surface area contributed by atoms with Crippen LogP contribution in [-0.4, -0.2) is 0 Å². The molecule has 1 aliphatic rings. The summed E-state index contributed by atoms with van der Waals surface area (Å²) in [4.78, 5) is 0. The molecular formula is C18H21N. The summed E-state index contributed by atoms with van der Waals surface area (Å²) in [6.07, 6.45) is 2.34. The minimum Gasteiger partial charge on any atom is -0.323 e. The second-order valence-electron chi connectivity index (χ2n) is 5.71. The Balaban J connectivity index is 1.93. The maximum Gasteiger partial charge on any atom is 0.0364 e. The Morgan fingerprint density at radius 1 is 1.05 bits per heavy atom. The fourth-order valence-corrected chi connectivity index (χ4v) is 3.17. The molecule has 0 bridgehead atoms. The van der Waals surface area contributed by atoms with Crippen molar-refractivity contribution >= 4 is 0 Å². The van der Waals surface area contributed by atoms with Gasteiger partial charge < -0.3 is 5.73 Å². The van der Waals surface area contributed by atoms with E-state index in [0.29, 0.717) is 5.92 Å². The van der Waals surface area contributed by atoms with E-state index in [9.17, 15) is 0 Å². The molecule has 98 valence electrons. The molecule has 2 aromatic rings. The highest BCUT2D eigenvalue weighted by molar-refractivity contribution is 5.39. The van der Waals surface area contributed by atoms with Crippen molar-refractivity contribution in [3.63, 3.8) is 0 Å². The molecule has 1 aliphatic carbocycles. The predicted octanol–water partition coefficient (Wildman–Crippen LogP) is 4.03. The first-order valence-electron chi connectivity index (χ1n) is 7.07. The number of hydrogen-bond donors (Lipinski definition) is 1. The largest absolute Gasteiger partial charge is 0.323 e. The Morgan fingerprint density at radius 3 is 2.63 bits per heavy atom. The molecule has 2 unspecified atom stereocenters. The van der Waals surface area contributed by atoms with Crippen molar-refractivity contribution in [2.45, 2.75) is 38.6 Å². The van der Waals surface area contributed by atoms with Gasteiger partial charge >= 0.3 is 0 Å². The fourth-order valence-electron chi connectivity index (χ4n) is 3.17. The summed E-state index contributed by atoms with van der Waals surface area (Å²) < 4.78 is 0. The molecule has 0 saturated carbocycles. The van der Waals surface area contributed by atoms with E-state index in [1.165, 1.54) is 40.7 Å². The third-order valence-corrected chi connectivity index (χ3v) is 4.53. The van der Waals surface area contributed by atoms with Gasteiger partial charge in [0.2, 0.25) is 0 Å². The van der Waals surface area contributed by atoms with Crippen molar-refractivity contribution in [2.24, 2.45) is 5.73 Å². The van der Waals surface area contributed by atoms with Crippen LogP contribution >= 0.6 is 0 Å². The Labute approximate surface area is 115 Å². The van der Waals surface area contributed by atoms with Gasteiger partial charge in [-0.1, -0.05) is 42.5 Å². The van der Waals surface area contributed by atoms with E-state index in [0.717, 1.165) is 0 Å². The Kier molecular flexibility index (Phi) is 3.16. The van der Waals surface area contributed by atoms with Gasteiger partial charge in [0.1, 0.15) is 0 Å². The quantitative estimate of drug-likeness (QED) is 0.856. The third kappa shape index (κ3) is 2.19. The number of nitrogens with two attached hydrogens (primary N) is 1. The molecule has 0 saturated heterocycles. The molecule has 0 aromatic heterocycles. The summed E-state index contributed by atoms with van der Waals surface area (Å²) in [6, 6.07) is 15.5. The second-order valence-corrected chi connectivity index (χ2v) is 5.71. The number of rotatable bonds is 2. The first-order valence-corrected chi connectivity index (χ1v) is 7.07. The van der Waals surface area contributed by atoms with Gasteiger partial charge in [0.15, 0.2) is 0 Å². The average molecular weight is 251 g/mol. The summed E-state index contributed by atoms with van der Waals surface area (Å²) in [5.41, 5.74) is 13.4. The Hall–Kier alpha value is -1.60. The maximum absolute atomic E-state index is 6.53. The summed E-state index contributed by atoms with van der Waals surface area (Å²) in [5, 5.41) is 0. The van der Waals surface area contributed by atoms with Gasteiger partial charge in [0.25, 0.3) is 0 Å². The van der Waals surface area contributed by atoms with Crippen molar-refractivity contribution < 1.29 is 0 Å². The van der Waals surface area contributed by atoms with E-state index < -0.39 is 0 Å². The predicted molar refractivity (Wildman–Crippen MR) is 80.3 cm³/mol. The SMILES string of the molecule is Cc1ccc(C(N)C2CCc3ccccc32)cc1C. The summed E-state index contributed by atoms with van der Waals surface area (Å²) in [6.45, 7) is 4.31. The summed E-state index contributed by atoms with van der Waals surface area (Å²) in [7, 11) is 0. The maximum atomic E-state index is 6.53. The van der Waals surface area contributed by atoms with Crippen LogP contribution in [0.2, 0.25) is 0 Å². The molecule has 3 rings (SSSR count). The lowest BCUT2D eigenvalue weighted by molar-refractivity contribution is 0.550. The molecule has 2 N–H and O–H groups in total. The Bertz CT molecular complexity index is 600. The van der Waals surface area contributed by atoms with Crippen molar-refractivity contribution in [3.05, 3.63) is 70.3 Å². The molecule has 2 aromatic carbocycles. The molecule has 0 heterocycles. The second kappa shape index (κ2) is 4.82. The van der Waals surface area contributed by atoms with E-state index in [1.54, 1.807) is 0 Å². The highest BCUT2D eigenvalue weighted by Gasteiger charge is 2.28. The van der Waals surface area contributed by atoms with Crippen LogP contribution in [0.4, 0.5) is 0 Å². The zero-order valence-corrected chi connectivity index (χ0v) is 11.7. The summed E-state index contributed by atoms with van der Waals surface area (Å²) in [5.74, 6) is 0.471. The normalized spacial score (nSPS) is 19.2. The summed E-state index contributed by atoms with van der Waals surface area (Å²) >= 11 is 0. The van der Waals surface area contributed by atoms with E-state index in [-0.39, 0.29) is 6.04 Å². The van der Waals surface area contributed by atoms with Gasteiger partial charge in [0, 0.05) is 12.0 Å². The van der Waals surface area contributed by atoms with Gasteiger partial charge in [-0.3, -0.25) is 0 Å².